The van der Waals surface area contributed by atoms with Gasteiger partial charge in [-0.1, -0.05) is 50.2 Å². The van der Waals surface area contributed by atoms with Gasteiger partial charge in [0.15, 0.2) is 6.10 Å². The van der Waals surface area contributed by atoms with Crippen LogP contribution in [0.3, 0.4) is 0 Å². The van der Waals surface area contributed by atoms with Crippen molar-refractivity contribution < 1.29 is 19.4 Å². The summed E-state index contributed by atoms with van der Waals surface area (Å²) in [6, 6.07) is 12.8. The molecule has 0 unspecified atom stereocenters. The van der Waals surface area contributed by atoms with Gasteiger partial charge >= 0.3 is 11.9 Å². The van der Waals surface area contributed by atoms with E-state index in [0.717, 1.165) is 10.8 Å². The van der Waals surface area contributed by atoms with E-state index in [1.807, 2.05) is 44.2 Å². The molecular formula is C17H18O4. The highest BCUT2D eigenvalue weighted by Gasteiger charge is 2.24. The largest absolute Gasteiger partial charge is 0.479 e. The number of esters is 1. The van der Waals surface area contributed by atoms with Crippen molar-refractivity contribution in [1.82, 2.24) is 0 Å². The first-order chi connectivity index (χ1) is 9.99. The lowest BCUT2D eigenvalue weighted by molar-refractivity contribution is -0.148. The van der Waals surface area contributed by atoms with Crippen molar-refractivity contribution >= 4 is 22.7 Å². The number of ether oxygens (including phenoxy) is 1. The minimum atomic E-state index is -1.11. The van der Waals surface area contributed by atoms with E-state index in [1.54, 1.807) is 12.1 Å². The fraction of sp³-hybridized carbons (Fsp3) is 0.294. The zero-order valence-electron chi connectivity index (χ0n) is 12.1. The molecule has 21 heavy (non-hydrogen) atoms. The molecule has 0 fully saturated rings. The predicted octanol–water partition coefficient (Wildman–Crippen LogP) is 3.50. The maximum absolute atomic E-state index is 12.3. The molecule has 0 saturated carbocycles. The van der Waals surface area contributed by atoms with Crippen LogP contribution >= 0.6 is 0 Å². The number of carboxylic acids is 1. The molecule has 4 heteroatoms. The molecule has 0 heterocycles. The Morgan fingerprint density at radius 1 is 1.10 bits per heavy atom. The third kappa shape index (κ3) is 3.60. The van der Waals surface area contributed by atoms with Crippen LogP contribution in [0.4, 0.5) is 0 Å². The van der Waals surface area contributed by atoms with Crippen LogP contribution in [-0.2, 0) is 9.53 Å². The van der Waals surface area contributed by atoms with Gasteiger partial charge in [0, 0.05) is 0 Å². The zero-order chi connectivity index (χ0) is 15.4. The molecule has 0 aromatic heterocycles. The van der Waals surface area contributed by atoms with E-state index in [9.17, 15) is 9.59 Å². The summed E-state index contributed by atoms with van der Waals surface area (Å²) in [7, 11) is 0. The fourth-order valence-corrected chi connectivity index (χ4v) is 2.22. The highest BCUT2D eigenvalue weighted by Crippen LogP contribution is 2.20. The normalized spacial score (nSPS) is 12.3. The van der Waals surface area contributed by atoms with Gasteiger partial charge < -0.3 is 9.84 Å². The molecule has 0 aliphatic heterocycles. The molecule has 110 valence electrons. The number of benzene rings is 2. The van der Waals surface area contributed by atoms with Gasteiger partial charge in [-0.3, -0.25) is 0 Å². The molecule has 0 spiro atoms. The van der Waals surface area contributed by atoms with Crippen LogP contribution in [0.15, 0.2) is 42.5 Å². The van der Waals surface area contributed by atoms with E-state index in [-0.39, 0.29) is 5.92 Å². The van der Waals surface area contributed by atoms with Crippen LogP contribution < -0.4 is 0 Å². The lowest BCUT2D eigenvalue weighted by atomic mass is 10.0. The van der Waals surface area contributed by atoms with Gasteiger partial charge in [-0.15, -0.1) is 0 Å². The SMILES string of the molecule is CC(C)C[C@H](OC(=O)c1cccc2ccccc12)C(=O)O. The van der Waals surface area contributed by atoms with Gasteiger partial charge in [-0.2, -0.15) is 0 Å². The smallest absolute Gasteiger partial charge is 0.345 e. The zero-order valence-corrected chi connectivity index (χ0v) is 12.1. The first kappa shape index (κ1) is 15.0. The summed E-state index contributed by atoms with van der Waals surface area (Å²) in [6.07, 6.45) is -0.817. The Morgan fingerprint density at radius 2 is 1.76 bits per heavy atom. The van der Waals surface area contributed by atoms with Crippen LogP contribution in [0, 0.1) is 5.92 Å². The summed E-state index contributed by atoms with van der Waals surface area (Å²) in [6.45, 7) is 3.78. The molecule has 0 bridgehead atoms. The summed E-state index contributed by atoms with van der Waals surface area (Å²) in [5.41, 5.74) is 0.392. The topological polar surface area (TPSA) is 63.6 Å². The number of carboxylic acid groups (broad SMARTS) is 1. The number of hydrogen-bond acceptors (Lipinski definition) is 3. The average molecular weight is 286 g/mol. The van der Waals surface area contributed by atoms with Crippen LogP contribution in [0.25, 0.3) is 10.8 Å². The van der Waals surface area contributed by atoms with Gasteiger partial charge in [0.2, 0.25) is 0 Å². The van der Waals surface area contributed by atoms with Crippen molar-refractivity contribution in [3.63, 3.8) is 0 Å². The van der Waals surface area contributed by atoms with Crippen molar-refractivity contribution in [3.8, 4) is 0 Å². The number of carbonyl (C=O) groups is 2. The highest BCUT2D eigenvalue weighted by atomic mass is 16.6. The Hall–Kier alpha value is -2.36. The second-order valence-corrected chi connectivity index (χ2v) is 5.39. The summed E-state index contributed by atoms with van der Waals surface area (Å²) in [5, 5.41) is 10.8. The van der Waals surface area contributed by atoms with Gasteiger partial charge in [0.05, 0.1) is 5.56 Å². The van der Waals surface area contributed by atoms with Gasteiger partial charge in [-0.05, 0) is 29.2 Å². The van der Waals surface area contributed by atoms with E-state index in [2.05, 4.69) is 0 Å². The van der Waals surface area contributed by atoms with Gasteiger partial charge in [0.1, 0.15) is 0 Å². The van der Waals surface area contributed by atoms with E-state index >= 15 is 0 Å². The molecule has 0 radical (unpaired) electrons. The lowest BCUT2D eigenvalue weighted by Crippen LogP contribution is -2.28. The number of carbonyl (C=O) groups excluding carboxylic acids is 1. The van der Waals surface area contributed by atoms with Crippen molar-refractivity contribution in [2.75, 3.05) is 0 Å². The first-order valence-corrected chi connectivity index (χ1v) is 6.90. The molecule has 0 saturated heterocycles. The fourth-order valence-electron chi connectivity index (χ4n) is 2.22. The van der Waals surface area contributed by atoms with Gasteiger partial charge in [-0.25, -0.2) is 9.59 Å². The monoisotopic (exact) mass is 286 g/mol. The Balaban J connectivity index is 2.27. The standard InChI is InChI=1S/C17H18O4/c1-11(2)10-15(16(18)19)21-17(20)14-9-5-7-12-6-3-4-8-13(12)14/h3-9,11,15H,10H2,1-2H3,(H,18,19)/t15-/m0/s1. The van der Waals surface area contributed by atoms with Crippen LogP contribution in [0.5, 0.6) is 0 Å². The molecule has 0 aliphatic carbocycles. The molecule has 1 atom stereocenters. The van der Waals surface area contributed by atoms with Crippen LogP contribution in [0.1, 0.15) is 30.6 Å². The number of aliphatic carboxylic acids is 1. The van der Waals surface area contributed by atoms with Crippen molar-refractivity contribution in [3.05, 3.63) is 48.0 Å². The molecule has 0 aliphatic rings. The summed E-state index contributed by atoms with van der Waals surface area (Å²) >= 11 is 0. The first-order valence-electron chi connectivity index (χ1n) is 6.90. The van der Waals surface area contributed by atoms with E-state index in [1.165, 1.54) is 0 Å². The van der Waals surface area contributed by atoms with Crippen molar-refractivity contribution in [2.45, 2.75) is 26.4 Å². The van der Waals surface area contributed by atoms with E-state index in [4.69, 9.17) is 9.84 Å². The van der Waals surface area contributed by atoms with Crippen molar-refractivity contribution in [1.29, 1.82) is 0 Å². The average Bonchev–Trinajstić information content (AvgIpc) is 2.45. The minimum absolute atomic E-state index is 0.131. The number of hydrogen-bond donors (Lipinski definition) is 1. The Bertz CT molecular complexity index is 655. The summed E-state index contributed by atoms with van der Waals surface area (Å²) in [4.78, 5) is 23.5. The Labute approximate surface area is 123 Å². The Kier molecular flexibility index (Phi) is 4.58. The highest BCUT2D eigenvalue weighted by molar-refractivity contribution is 6.04. The summed E-state index contributed by atoms with van der Waals surface area (Å²) in [5.74, 6) is -1.58. The third-order valence-electron chi connectivity index (χ3n) is 3.22. The maximum atomic E-state index is 12.3. The quantitative estimate of drug-likeness (QED) is 0.854. The van der Waals surface area contributed by atoms with Crippen molar-refractivity contribution in [2.24, 2.45) is 5.92 Å². The van der Waals surface area contributed by atoms with E-state index < -0.39 is 18.0 Å². The van der Waals surface area contributed by atoms with Crippen LogP contribution in [0.2, 0.25) is 0 Å². The second kappa shape index (κ2) is 6.39. The van der Waals surface area contributed by atoms with Gasteiger partial charge in [0.25, 0.3) is 0 Å². The third-order valence-corrected chi connectivity index (χ3v) is 3.22. The number of rotatable bonds is 5. The van der Waals surface area contributed by atoms with Crippen LogP contribution in [-0.4, -0.2) is 23.1 Å². The lowest BCUT2D eigenvalue weighted by Gasteiger charge is -2.16. The predicted molar refractivity (Wildman–Crippen MR) is 80.2 cm³/mol. The molecule has 0 amide bonds. The Morgan fingerprint density at radius 3 is 2.43 bits per heavy atom. The molecule has 2 aromatic carbocycles. The second-order valence-electron chi connectivity index (χ2n) is 5.39. The molecule has 2 rings (SSSR count). The molecule has 1 N–H and O–H groups in total. The number of fused-ring (bicyclic) bond motifs is 1. The summed E-state index contributed by atoms with van der Waals surface area (Å²) < 4.78 is 5.18. The maximum Gasteiger partial charge on any atom is 0.345 e. The minimum Gasteiger partial charge on any atom is -0.479 e. The van der Waals surface area contributed by atoms with E-state index in [0.29, 0.717) is 12.0 Å². The molecule has 2 aromatic rings. The molecular weight excluding hydrogens is 268 g/mol. The molecule has 4 nitrogen and oxygen atoms in total.